The van der Waals surface area contributed by atoms with E-state index in [0.717, 1.165) is 16.8 Å². The van der Waals surface area contributed by atoms with Gasteiger partial charge in [0.1, 0.15) is 5.71 Å². The third-order valence-electron chi connectivity index (χ3n) is 4.52. The SMILES string of the molecule is C/C([O-])=C/CC1=NN=C(c2ccc([N+](=O)[O-])cc2)c2cc3c(cc2C1)OCO3. The molecule has 0 amide bonds. The maximum atomic E-state index is 11.3. The summed E-state index contributed by atoms with van der Waals surface area (Å²) in [5.74, 6) is 1.24. The highest BCUT2D eigenvalue weighted by molar-refractivity contribution is 6.15. The van der Waals surface area contributed by atoms with Crippen LogP contribution in [0.1, 0.15) is 30.0 Å². The second-order valence-corrected chi connectivity index (χ2v) is 6.48. The maximum absolute atomic E-state index is 11.3. The molecule has 0 radical (unpaired) electrons. The molecule has 0 unspecified atom stereocenters. The number of fused-ring (bicyclic) bond motifs is 2. The van der Waals surface area contributed by atoms with Crippen LogP contribution >= 0.6 is 0 Å². The highest BCUT2D eigenvalue weighted by Crippen LogP contribution is 2.37. The van der Waals surface area contributed by atoms with E-state index in [2.05, 4.69) is 10.2 Å². The summed E-state index contributed by atoms with van der Waals surface area (Å²) in [5.41, 5.74) is 3.79. The van der Waals surface area contributed by atoms with Crippen LogP contribution in [0.15, 0.2) is 58.4 Å². The average Bonchev–Trinajstić information content (AvgIpc) is 3.05. The summed E-state index contributed by atoms with van der Waals surface area (Å²) in [6.07, 6.45) is 2.48. The van der Waals surface area contributed by atoms with Crippen LogP contribution < -0.4 is 14.6 Å². The minimum atomic E-state index is -0.446. The molecule has 2 heterocycles. The van der Waals surface area contributed by atoms with Crippen molar-refractivity contribution >= 4 is 17.1 Å². The number of nitro groups is 1. The lowest BCUT2D eigenvalue weighted by Crippen LogP contribution is -2.08. The molecule has 142 valence electrons. The third-order valence-corrected chi connectivity index (χ3v) is 4.52. The fourth-order valence-corrected chi connectivity index (χ4v) is 3.11. The van der Waals surface area contributed by atoms with Gasteiger partial charge in [-0.2, -0.15) is 5.10 Å². The molecule has 4 rings (SSSR count). The molecule has 2 aliphatic rings. The second kappa shape index (κ2) is 7.15. The molecule has 0 aromatic heterocycles. The van der Waals surface area contributed by atoms with Gasteiger partial charge in [0.2, 0.25) is 6.79 Å². The molecule has 0 N–H and O–H groups in total. The van der Waals surface area contributed by atoms with Crippen LogP contribution in [0, 0.1) is 10.1 Å². The van der Waals surface area contributed by atoms with Gasteiger partial charge in [0.25, 0.3) is 5.69 Å². The molecule has 2 aliphatic heterocycles. The van der Waals surface area contributed by atoms with E-state index in [1.165, 1.54) is 19.1 Å². The Kier molecular flexibility index (Phi) is 4.52. The summed E-state index contributed by atoms with van der Waals surface area (Å²) in [7, 11) is 0. The van der Waals surface area contributed by atoms with Gasteiger partial charge in [-0.1, -0.05) is 13.0 Å². The number of nitro benzene ring substituents is 1. The van der Waals surface area contributed by atoms with Crippen molar-refractivity contribution in [1.29, 1.82) is 0 Å². The van der Waals surface area contributed by atoms with E-state index < -0.39 is 4.92 Å². The molecule has 8 nitrogen and oxygen atoms in total. The Morgan fingerprint density at radius 2 is 1.89 bits per heavy atom. The van der Waals surface area contributed by atoms with Crippen LogP contribution in [0.5, 0.6) is 11.5 Å². The van der Waals surface area contributed by atoms with E-state index >= 15 is 0 Å². The van der Waals surface area contributed by atoms with Crippen molar-refractivity contribution in [3.8, 4) is 11.5 Å². The van der Waals surface area contributed by atoms with Gasteiger partial charge in [-0.15, -0.1) is 10.9 Å². The maximum Gasteiger partial charge on any atom is 0.269 e. The lowest BCUT2D eigenvalue weighted by Gasteiger charge is -2.11. The Labute approximate surface area is 160 Å². The smallest absolute Gasteiger partial charge is 0.269 e. The van der Waals surface area contributed by atoms with Crippen molar-refractivity contribution in [3.63, 3.8) is 0 Å². The van der Waals surface area contributed by atoms with Crippen molar-refractivity contribution in [1.82, 2.24) is 0 Å². The van der Waals surface area contributed by atoms with Gasteiger partial charge in [0.15, 0.2) is 11.5 Å². The molecule has 0 saturated heterocycles. The monoisotopic (exact) mass is 378 g/mol. The summed E-state index contributed by atoms with van der Waals surface area (Å²) in [6.45, 7) is 1.65. The van der Waals surface area contributed by atoms with E-state index in [4.69, 9.17) is 9.47 Å². The zero-order chi connectivity index (χ0) is 19.7. The summed E-state index contributed by atoms with van der Waals surface area (Å²) >= 11 is 0. The highest BCUT2D eigenvalue weighted by atomic mass is 16.7. The Hall–Kier alpha value is -3.68. The van der Waals surface area contributed by atoms with Crippen LogP contribution in [-0.4, -0.2) is 23.1 Å². The predicted molar refractivity (Wildman–Crippen MR) is 101 cm³/mol. The topological polar surface area (TPSA) is 109 Å². The summed E-state index contributed by atoms with van der Waals surface area (Å²) in [4.78, 5) is 10.5. The van der Waals surface area contributed by atoms with Crippen molar-refractivity contribution in [2.45, 2.75) is 19.8 Å². The van der Waals surface area contributed by atoms with Crippen LogP contribution in [0.3, 0.4) is 0 Å². The van der Waals surface area contributed by atoms with Gasteiger partial charge in [-0.3, -0.25) is 10.1 Å². The van der Waals surface area contributed by atoms with Gasteiger partial charge in [-0.05, 0) is 29.8 Å². The standard InChI is InChI=1S/C20H17N3O5/c1-12(24)2-5-15-8-14-9-18-19(28-11-27-18)10-17(14)20(22-21-15)13-3-6-16(7-4-13)23(25)26/h2-4,6-7,9-10,24H,5,8,11H2,1H3/p-1/b12-2-. The first kappa shape index (κ1) is 17.7. The lowest BCUT2D eigenvalue weighted by molar-refractivity contribution is -0.384. The number of hydrogen-bond acceptors (Lipinski definition) is 7. The van der Waals surface area contributed by atoms with E-state index in [0.29, 0.717) is 35.6 Å². The van der Waals surface area contributed by atoms with Gasteiger partial charge in [-0.25, -0.2) is 0 Å². The molecule has 0 fully saturated rings. The zero-order valence-corrected chi connectivity index (χ0v) is 15.0. The van der Waals surface area contributed by atoms with Crippen LogP contribution in [0.4, 0.5) is 5.69 Å². The molecule has 2 aromatic rings. The van der Waals surface area contributed by atoms with Crippen LogP contribution in [0.2, 0.25) is 0 Å². The number of hydrogen-bond donors (Lipinski definition) is 0. The number of nitrogens with zero attached hydrogens (tertiary/aromatic N) is 3. The van der Waals surface area contributed by atoms with E-state index in [-0.39, 0.29) is 18.2 Å². The zero-order valence-electron chi connectivity index (χ0n) is 15.0. The van der Waals surface area contributed by atoms with Crippen molar-refractivity contribution in [2.75, 3.05) is 6.79 Å². The normalized spacial score (nSPS) is 15.4. The third kappa shape index (κ3) is 3.44. The van der Waals surface area contributed by atoms with Crippen molar-refractivity contribution in [2.24, 2.45) is 10.2 Å². The first-order chi connectivity index (χ1) is 13.5. The van der Waals surface area contributed by atoms with Crippen LogP contribution in [0.25, 0.3) is 0 Å². The fourth-order valence-electron chi connectivity index (χ4n) is 3.11. The Morgan fingerprint density at radius 1 is 1.18 bits per heavy atom. The molecule has 0 saturated carbocycles. The van der Waals surface area contributed by atoms with E-state index in [1.54, 1.807) is 18.2 Å². The molecule has 0 aliphatic carbocycles. The second-order valence-electron chi connectivity index (χ2n) is 6.48. The lowest BCUT2D eigenvalue weighted by atomic mass is 9.93. The number of ether oxygens (including phenoxy) is 2. The first-order valence-electron chi connectivity index (χ1n) is 8.66. The molecular formula is C20H16N3O5-. The van der Waals surface area contributed by atoms with Gasteiger partial charge in [0, 0.05) is 41.8 Å². The van der Waals surface area contributed by atoms with Crippen molar-refractivity contribution in [3.05, 3.63) is 75.0 Å². The molecule has 0 bridgehead atoms. The van der Waals surface area contributed by atoms with E-state index in [1.807, 2.05) is 12.1 Å². The number of allylic oxidation sites excluding steroid dienone is 2. The molecule has 0 spiro atoms. The van der Waals surface area contributed by atoms with E-state index in [9.17, 15) is 15.2 Å². The van der Waals surface area contributed by atoms with Gasteiger partial charge >= 0.3 is 0 Å². The Balaban J connectivity index is 1.81. The quantitative estimate of drug-likeness (QED) is 0.462. The molecule has 28 heavy (non-hydrogen) atoms. The summed E-state index contributed by atoms with van der Waals surface area (Å²) < 4.78 is 11.0. The first-order valence-corrected chi connectivity index (χ1v) is 8.66. The number of non-ortho nitro benzene ring substituents is 1. The highest BCUT2D eigenvalue weighted by Gasteiger charge is 2.23. The largest absolute Gasteiger partial charge is 0.876 e. The molecule has 2 aromatic carbocycles. The number of benzene rings is 2. The predicted octanol–water partition coefficient (Wildman–Crippen LogP) is 2.73. The fraction of sp³-hybridized carbons (Fsp3) is 0.200. The molecule has 8 heteroatoms. The van der Waals surface area contributed by atoms with Crippen molar-refractivity contribution < 1.29 is 19.5 Å². The summed E-state index contributed by atoms with van der Waals surface area (Å²) in [6, 6.07) is 9.91. The Bertz CT molecular complexity index is 1030. The average molecular weight is 378 g/mol. The minimum Gasteiger partial charge on any atom is -0.876 e. The molecular weight excluding hydrogens is 362 g/mol. The van der Waals surface area contributed by atoms with Gasteiger partial charge in [0.05, 0.1) is 4.92 Å². The minimum absolute atomic E-state index is 0.00382. The molecule has 0 atom stereocenters. The van der Waals surface area contributed by atoms with Crippen LogP contribution in [-0.2, 0) is 6.42 Å². The Morgan fingerprint density at radius 3 is 2.57 bits per heavy atom. The van der Waals surface area contributed by atoms with Gasteiger partial charge < -0.3 is 14.6 Å². The summed E-state index contributed by atoms with van der Waals surface area (Å²) in [5, 5.41) is 31.0. The number of rotatable bonds is 4.